The Balaban J connectivity index is 0.00000361. The van der Waals surface area contributed by atoms with Crippen LogP contribution in [-0.2, 0) is 11.8 Å². The second kappa shape index (κ2) is 10.7. The predicted molar refractivity (Wildman–Crippen MR) is 141 cm³/mol. The highest BCUT2D eigenvalue weighted by Gasteiger charge is 2.25. The van der Waals surface area contributed by atoms with Gasteiger partial charge in [-0.05, 0) is 66.5 Å². The summed E-state index contributed by atoms with van der Waals surface area (Å²) < 4.78 is 8.39. The Hall–Kier alpha value is -4.38. The standard InChI is InChI=1S/C27H29N7O.H2/c1-18-13-22(21-9-11-30-12-10-21)14-19(2)25(18)35-27(24-26(29-3)34(4)17-33-24)32-16-31-23-7-5-20(15-28)6-8-23;/h5-13,17,19,29,31H,14,16H2,1-4H3;1H/b32-27+;. The van der Waals surface area contributed by atoms with E-state index in [1.165, 1.54) is 11.1 Å². The average Bonchev–Trinajstić information content (AvgIpc) is 3.26. The number of nitriles is 1. The molecule has 4 rings (SSSR count). The molecule has 1 aliphatic carbocycles. The van der Waals surface area contributed by atoms with Crippen LogP contribution in [0.3, 0.4) is 0 Å². The quantitative estimate of drug-likeness (QED) is 0.364. The zero-order valence-corrected chi connectivity index (χ0v) is 20.4. The smallest absolute Gasteiger partial charge is 0.246 e. The van der Waals surface area contributed by atoms with Crippen molar-refractivity contribution in [1.82, 2.24) is 14.5 Å². The first-order valence-electron chi connectivity index (χ1n) is 11.5. The molecule has 0 saturated heterocycles. The number of ether oxygens (including phenoxy) is 1. The maximum absolute atomic E-state index is 9.00. The summed E-state index contributed by atoms with van der Waals surface area (Å²) in [7, 11) is 3.77. The third-order valence-electron chi connectivity index (χ3n) is 5.91. The van der Waals surface area contributed by atoms with E-state index in [4.69, 9.17) is 15.0 Å². The molecule has 35 heavy (non-hydrogen) atoms. The highest BCUT2D eigenvalue weighted by Crippen LogP contribution is 2.35. The molecule has 2 heterocycles. The Bertz CT molecular complexity index is 1320. The van der Waals surface area contributed by atoms with Gasteiger partial charge in [-0.3, -0.25) is 4.98 Å². The van der Waals surface area contributed by atoms with Crippen molar-refractivity contribution in [3.05, 3.63) is 89.3 Å². The first-order chi connectivity index (χ1) is 17.0. The molecule has 3 aromatic rings. The van der Waals surface area contributed by atoms with Gasteiger partial charge in [0.1, 0.15) is 18.2 Å². The number of nitrogens with zero attached hydrogens (tertiary/aromatic N) is 5. The molecular formula is C27H31N7O. The number of benzene rings is 1. The molecule has 0 bridgehead atoms. The second-order valence-corrected chi connectivity index (χ2v) is 8.45. The lowest BCUT2D eigenvalue weighted by molar-refractivity contribution is 0.341. The van der Waals surface area contributed by atoms with E-state index in [0.29, 0.717) is 23.8 Å². The fourth-order valence-electron chi connectivity index (χ4n) is 4.16. The van der Waals surface area contributed by atoms with Gasteiger partial charge in [0, 0.05) is 39.5 Å². The number of aliphatic imine (C=N–C) groups is 1. The highest BCUT2D eigenvalue weighted by molar-refractivity contribution is 5.97. The van der Waals surface area contributed by atoms with Crippen LogP contribution in [-0.4, -0.2) is 34.1 Å². The zero-order chi connectivity index (χ0) is 24.8. The summed E-state index contributed by atoms with van der Waals surface area (Å²) >= 11 is 0. The lowest BCUT2D eigenvalue weighted by Crippen LogP contribution is -2.18. The third-order valence-corrected chi connectivity index (χ3v) is 5.91. The van der Waals surface area contributed by atoms with E-state index in [0.717, 1.165) is 29.3 Å². The van der Waals surface area contributed by atoms with Crippen molar-refractivity contribution in [2.75, 3.05) is 24.3 Å². The van der Waals surface area contributed by atoms with Gasteiger partial charge < -0.3 is 19.9 Å². The summed E-state index contributed by atoms with van der Waals surface area (Å²) in [5.74, 6) is 2.31. The fraction of sp³-hybridized carbons (Fsp3) is 0.259. The fourth-order valence-corrected chi connectivity index (χ4v) is 4.16. The molecule has 0 saturated carbocycles. The van der Waals surface area contributed by atoms with E-state index in [2.05, 4.69) is 46.6 Å². The van der Waals surface area contributed by atoms with E-state index >= 15 is 0 Å². The van der Waals surface area contributed by atoms with Crippen molar-refractivity contribution in [1.29, 1.82) is 5.26 Å². The molecule has 2 N–H and O–H groups in total. The van der Waals surface area contributed by atoms with Gasteiger partial charge >= 0.3 is 0 Å². The Labute approximate surface area is 207 Å². The van der Waals surface area contributed by atoms with Gasteiger partial charge in [-0.25, -0.2) is 9.98 Å². The second-order valence-electron chi connectivity index (χ2n) is 8.45. The van der Waals surface area contributed by atoms with Crippen molar-refractivity contribution >= 4 is 23.0 Å². The van der Waals surface area contributed by atoms with Crippen LogP contribution in [0.1, 0.15) is 38.5 Å². The van der Waals surface area contributed by atoms with Crippen molar-refractivity contribution in [2.24, 2.45) is 18.0 Å². The third kappa shape index (κ3) is 5.41. The molecule has 0 aliphatic heterocycles. The van der Waals surface area contributed by atoms with Gasteiger partial charge in [0.2, 0.25) is 5.90 Å². The van der Waals surface area contributed by atoms with Crippen LogP contribution in [0.4, 0.5) is 11.5 Å². The van der Waals surface area contributed by atoms with Gasteiger partial charge in [-0.1, -0.05) is 13.0 Å². The zero-order valence-electron chi connectivity index (χ0n) is 20.4. The van der Waals surface area contributed by atoms with E-state index < -0.39 is 0 Å². The first-order valence-corrected chi connectivity index (χ1v) is 11.5. The molecule has 1 aliphatic rings. The minimum atomic E-state index is 0. The molecule has 1 aromatic carbocycles. The number of rotatable bonds is 7. The molecule has 180 valence electrons. The van der Waals surface area contributed by atoms with Crippen LogP contribution in [0.15, 0.2) is 77.5 Å². The number of allylic oxidation sites excluding steroid dienone is 4. The molecular weight excluding hydrogens is 438 g/mol. The van der Waals surface area contributed by atoms with E-state index in [1.54, 1.807) is 18.5 Å². The molecule has 0 fully saturated rings. The Morgan fingerprint density at radius 1 is 1.26 bits per heavy atom. The first kappa shape index (κ1) is 23.8. The SMILES string of the molecule is CNc1c(/C(=N\CNc2ccc(C#N)cc2)OC2=C(C)C=C(c3ccncc3)CC2C)ncn1C.[HH]. The summed E-state index contributed by atoms with van der Waals surface area (Å²) in [5.41, 5.74) is 5.63. The number of pyridine rings is 1. The summed E-state index contributed by atoms with van der Waals surface area (Å²) in [5, 5.41) is 15.5. The average molecular weight is 470 g/mol. The topological polar surface area (TPSA) is 100 Å². The molecule has 1 atom stereocenters. The van der Waals surface area contributed by atoms with Crippen molar-refractivity contribution in [3.8, 4) is 6.07 Å². The van der Waals surface area contributed by atoms with Crippen LogP contribution < -0.4 is 10.6 Å². The van der Waals surface area contributed by atoms with Crippen LogP contribution in [0.25, 0.3) is 5.57 Å². The number of nitrogens with one attached hydrogen (secondary N) is 2. The van der Waals surface area contributed by atoms with Gasteiger partial charge in [0.05, 0.1) is 18.0 Å². The monoisotopic (exact) mass is 469 g/mol. The Morgan fingerprint density at radius 2 is 2.00 bits per heavy atom. The predicted octanol–water partition coefficient (Wildman–Crippen LogP) is 5.20. The molecule has 0 radical (unpaired) electrons. The maximum Gasteiger partial charge on any atom is 0.246 e. The number of anilines is 2. The Morgan fingerprint density at radius 3 is 2.66 bits per heavy atom. The summed E-state index contributed by atoms with van der Waals surface area (Å²) in [6.45, 7) is 4.52. The van der Waals surface area contributed by atoms with Crippen LogP contribution in [0.2, 0.25) is 0 Å². The number of hydrogen-bond donors (Lipinski definition) is 2. The maximum atomic E-state index is 9.00. The molecule has 2 aromatic heterocycles. The Kier molecular flexibility index (Phi) is 7.27. The van der Waals surface area contributed by atoms with Crippen LogP contribution >= 0.6 is 0 Å². The molecule has 8 nitrogen and oxygen atoms in total. The van der Waals surface area contributed by atoms with Gasteiger partial charge in [-0.2, -0.15) is 5.26 Å². The lowest BCUT2D eigenvalue weighted by Gasteiger charge is -2.25. The minimum Gasteiger partial charge on any atom is -0.441 e. The summed E-state index contributed by atoms with van der Waals surface area (Å²) in [6.07, 6.45) is 8.40. The number of aromatic nitrogens is 3. The van der Waals surface area contributed by atoms with E-state index in [1.807, 2.05) is 55.3 Å². The van der Waals surface area contributed by atoms with Gasteiger partial charge in [0.15, 0.2) is 5.69 Å². The van der Waals surface area contributed by atoms with Crippen molar-refractivity contribution < 1.29 is 6.16 Å². The van der Waals surface area contributed by atoms with Gasteiger partial charge in [0.25, 0.3) is 0 Å². The molecule has 0 amide bonds. The van der Waals surface area contributed by atoms with E-state index in [-0.39, 0.29) is 7.34 Å². The number of imidazole rings is 1. The van der Waals surface area contributed by atoms with E-state index in [9.17, 15) is 0 Å². The van der Waals surface area contributed by atoms with Crippen LogP contribution in [0, 0.1) is 17.2 Å². The normalized spacial score (nSPS) is 15.9. The van der Waals surface area contributed by atoms with Crippen molar-refractivity contribution in [2.45, 2.75) is 20.3 Å². The van der Waals surface area contributed by atoms with Gasteiger partial charge in [-0.15, -0.1) is 0 Å². The minimum absolute atomic E-state index is 0. The van der Waals surface area contributed by atoms with Crippen LogP contribution in [0.5, 0.6) is 0 Å². The molecule has 8 heteroatoms. The number of hydrogen-bond acceptors (Lipinski definition) is 7. The molecule has 0 spiro atoms. The highest BCUT2D eigenvalue weighted by atomic mass is 16.5. The molecule has 1 unspecified atom stereocenters. The largest absolute Gasteiger partial charge is 0.441 e. The summed E-state index contributed by atoms with van der Waals surface area (Å²) in [4.78, 5) is 13.4. The summed E-state index contributed by atoms with van der Waals surface area (Å²) in [6, 6.07) is 13.4. The van der Waals surface area contributed by atoms with Crippen molar-refractivity contribution in [3.63, 3.8) is 0 Å². The number of aryl methyl sites for hydroxylation is 1. The lowest BCUT2D eigenvalue weighted by atomic mass is 9.87.